The van der Waals surface area contributed by atoms with Gasteiger partial charge in [0.25, 0.3) is 0 Å². The van der Waals surface area contributed by atoms with Crippen molar-refractivity contribution < 1.29 is 42.9 Å². The van der Waals surface area contributed by atoms with E-state index in [-0.39, 0.29) is 18.0 Å². The number of rotatable bonds is 5. The number of methoxy groups -OCH3 is 1. The van der Waals surface area contributed by atoms with Gasteiger partial charge in [-0.25, -0.2) is 4.79 Å². The Morgan fingerprint density at radius 2 is 1.45 bits per heavy atom. The van der Waals surface area contributed by atoms with Crippen molar-refractivity contribution in [3.8, 4) is 0 Å². The fourth-order valence-electron chi connectivity index (χ4n) is 4.19. The van der Waals surface area contributed by atoms with E-state index < -0.39 is 54.2 Å². The fourth-order valence-corrected chi connectivity index (χ4v) is 4.19. The Balaban J connectivity index is 1.91. The molecule has 0 bridgehead atoms. The first-order valence-corrected chi connectivity index (χ1v) is 9.90. The summed E-state index contributed by atoms with van der Waals surface area (Å²) in [5, 5.41) is 0. The van der Waals surface area contributed by atoms with Gasteiger partial charge in [0.1, 0.15) is 6.10 Å². The first kappa shape index (κ1) is 22.6. The molecule has 1 fully saturated rings. The van der Waals surface area contributed by atoms with Crippen molar-refractivity contribution in [2.75, 3.05) is 7.11 Å². The molecule has 1 unspecified atom stereocenters. The average molecular weight is 432 g/mol. The molecule has 0 radical (unpaired) electrons. The predicted octanol–water partition coefficient (Wildman–Crippen LogP) is 1.51. The number of ether oxygens (including phenoxy) is 4. The van der Waals surface area contributed by atoms with Gasteiger partial charge in [-0.05, 0) is 6.42 Å². The standard InChI is InChI=1S/C22H24O9/c1-10-16(9-15-17(25)13-7-5-6-8-14(13)18(15)26)31-21(22(27)28-4)20(30-12(3)24)19(10)29-11(2)23/h5-8,10,15-16,19-21H,9H2,1-4H3/t10-,16-,19+,20-,21?/m0/s1. The third kappa shape index (κ3) is 4.36. The van der Waals surface area contributed by atoms with Gasteiger partial charge in [0.05, 0.1) is 19.1 Å². The van der Waals surface area contributed by atoms with Crippen LogP contribution in [0.15, 0.2) is 24.3 Å². The smallest absolute Gasteiger partial charge is 0.339 e. The van der Waals surface area contributed by atoms with Crippen molar-refractivity contribution in [1.82, 2.24) is 0 Å². The maximum Gasteiger partial charge on any atom is 0.339 e. The summed E-state index contributed by atoms with van der Waals surface area (Å²) in [6.07, 6.45) is -4.47. The van der Waals surface area contributed by atoms with E-state index in [4.69, 9.17) is 18.9 Å². The molecule has 0 N–H and O–H groups in total. The highest BCUT2D eigenvalue weighted by Gasteiger charge is 2.53. The monoisotopic (exact) mass is 432 g/mol. The van der Waals surface area contributed by atoms with E-state index in [0.717, 1.165) is 14.0 Å². The minimum Gasteiger partial charge on any atom is -0.467 e. The molecule has 1 heterocycles. The highest BCUT2D eigenvalue weighted by Crippen LogP contribution is 2.37. The number of esters is 3. The third-order valence-electron chi connectivity index (χ3n) is 5.64. The lowest BCUT2D eigenvalue weighted by atomic mass is 9.82. The molecule has 2 aliphatic rings. The summed E-state index contributed by atoms with van der Waals surface area (Å²) in [5.74, 6) is -4.37. The number of hydrogen-bond acceptors (Lipinski definition) is 9. The predicted molar refractivity (Wildman–Crippen MR) is 104 cm³/mol. The van der Waals surface area contributed by atoms with Crippen molar-refractivity contribution in [3.05, 3.63) is 35.4 Å². The quantitative estimate of drug-likeness (QED) is 0.387. The van der Waals surface area contributed by atoms with E-state index in [1.807, 2.05) is 0 Å². The van der Waals surface area contributed by atoms with Gasteiger partial charge in [0, 0.05) is 30.9 Å². The van der Waals surface area contributed by atoms with E-state index in [1.54, 1.807) is 31.2 Å². The molecule has 1 aromatic carbocycles. The Labute approximate surface area is 179 Å². The summed E-state index contributed by atoms with van der Waals surface area (Å²) < 4.78 is 21.3. The third-order valence-corrected chi connectivity index (χ3v) is 5.64. The lowest BCUT2D eigenvalue weighted by Crippen LogP contribution is -2.59. The van der Waals surface area contributed by atoms with Gasteiger partial charge in [0.15, 0.2) is 23.8 Å². The molecule has 1 aliphatic carbocycles. The first-order chi connectivity index (χ1) is 14.6. The SMILES string of the molecule is COC(=O)C1O[C@@H](CC2C(=O)c3ccccc3C2=O)[C@H](C)[C@@H](OC(C)=O)[C@@H]1OC(C)=O. The maximum absolute atomic E-state index is 12.8. The van der Waals surface area contributed by atoms with Crippen molar-refractivity contribution in [2.24, 2.45) is 11.8 Å². The Morgan fingerprint density at radius 3 is 1.94 bits per heavy atom. The van der Waals surface area contributed by atoms with Crippen LogP contribution < -0.4 is 0 Å². The van der Waals surface area contributed by atoms with Crippen LogP contribution in [-0.4, -0.2) is 61.0 Å². The zero-order valence-corrected chi connectivity index (χ0v) is 17.7. The molecular weight excluding hydrogens is 408 g/mol. The molecule has 0 aromatic heterocycles. The highest BCUT2D eigenvalue weighted by atomic mass is 16.6. The minimum atomic E-state index is -1.38. The van der Waals surface area contributed by atoms with Crippen LogP contribution in [-0.2, 0) is 33.3 Å². The van der Waals surface area contributed by atoms with Crippen LogP contribution in [0.2, 0.25) is 0 Å². The fraction of sp³-hybridized carbons (Fsp3) is 0.500. The van der Waals surface area contributed by atoms with Gasteiger partial charge < -0.3 is 18.9 Å². The highest BCUT2D eigenvalue weighted by molar-refractivity contribution is 6.26. The minimum absolute atomic E-state index is 0.0223. The Hall–Kier alpha value is -3.07. The van der Waals surface area contributed by atoms with Gasteiger partial charge in [-0.15, -0.1) is 0 Å². The number of fused-ring (bicyclic) bond motifs is 1. The molecular formula is C22H24O9. The lowest BCUT2D eigenvalue weighted by molar-refractivity contribution is -0.230. The summed E-state index contributed by atoms with van der Waals surface area (Å²) in [4.78, 5) is 61.3. The van der Waals surface area contributed by atoms with E-state index in [2.05, 4.69) is 0 Å². The van der Waals surface area contributed by atoms with Crippen molar-refractivity contribution in [3.63, 3.8) is 0 Å². The molecule has 9 nitrogen and oxygen atoms in total. The largest absolute Gasteiger partial charge is 0.467 e. The van der Waals surface area contributed by atoms with Crippen LogP contribution in [0.1, 0.15) is 47.9 Å². The molecule has 31 heavy (non-hydrogen) atoms. The topological polar surface area (TPSA) is 122 Å². The maximum atomic E-state index is 12.8. The van der Waals surface area contributed by atoms with Crippen LogP contribution in [0.3, 0.4) is 0 Å². The van der Waals surface area contributed by atoms with E-state index in [0.29, 0.717) is 11.1 Å². The zero-order valence-electron chi connectivity index (χ0n) is 17.7. The Bertz CT molecular complexity index is 886. The summed E-state index contributed by atoms with van der Waals surface area (Å²) in [5.41, 5.74) is 0.694. The van der Waals surface area contributed by atoms with Crippen LogP contribution in [0.25, 0.3) is 0 Å². The van der Waals surface area contributed by atoms with Crippen molar-refractivity contribution in [2.45, 2.75) is 51.6 Å². The molecule has 0 spiro atoms. The average Bonchev–Trinajstić information content (AvgIpc) is 2.96. The summed E-state index contributed by atoms with van der Waals surface area (Å²) in [6.45, 7) is 4.03. The van der Waals surface area contributed by atoms with Gasteiger partial charge in [-0.2, -0.15) is 0 Å². The Morgan fingerprint density at radius 1 is 0.935 bits per heavy atom. The van der Waals surface area contributed by atoms with Gasteiger partial charge in [-0.1, -0.05) is 31.2 Å². The molecule has 166 valence electrons. The number of hydrogen-bond donors (Lipinski definition) is 0. The molecule has 1 saturated heterocycles. The molecule has 0 amide bonds. The van der Waals surface area contributed by atoms with Crippen LogP contribution in [0.4, 0.5) is 0 Å². The number of carbonyl (C=O) groups is 5. The van der Waals surface area contributed by atoms with Gasteiger partial charge >= 0.3 is 17.9 Å². The van der Waals surface area contributed by atoms with Crippen LogP contribution in [0.5, 0.6) is 0 Å². The number of benzene rings is 1. The number of carbonyl (C=O) groups excluding carboxylic acids is 5. The normalized spacial score (nSPS) is 28.1. The molecule has 5 atom stereocenters. The van der Waals surface area contributed by atoms with E-state index in [1.165, 1.54) is 6.92 Å². The molecule has 3 rings (SSSR count). The first-order valence-electron chi connectivity index (χ1n) is 9.90. The summed E-state index contributed by atoms with van der Waals surface area (Å²) in [6, 6.07) is 6.55. The van der Waals surface area contributed by atoms with Crippen LogP contribution >= 0.6 is 0 Å². The number of ketones is 2. The lowest BCUT2D eigenvalue weighted by Gasteiger charge is -2.43. The molecule has 0 saturated carbocycles. The van der Waals surface area contributed by atoms with Crippen LogP contribution in [0, 0.1) is 11.8 Å². The molecule has 9 heteroatoms. The summed E-state index contributed by atoms with van der Waals surface area (Å²) in [7, 11) is 1.14. The Kier molecular flexibility index (Phi) is 6.54. The van der Waals surface area contributed by atoms with E-state index in [9.17, 15) is 24.0 Å². The summed E-state index contributed by atoms with van der Waals surface area (Å²) >= 11 is 0. The second-order valence-corrected chi connectivity index (χ2v) is 7.69. The van der Waals surface area contributed by atoms with Gasteiger partial charge in [0.2, 0.25) is 0 Å². The second-order valence-electron chi connectivity index (χ2n) is 7.69. The van der Waals surface area contributed by atoms with E-state index >= 15 is 0 Å². The second kappa shape index (κ2) is 8.97. The van der Waals surface area contributed by atoms with Crippen molar-refractivity contribution >= 4 is 29.5 Å². The van der Waals surface area contributed by atoms with Crippen molar-refractivity contribution in [1.29, 1.82) is 0 Å². The van der Waals surface area contributed by atoms with Gasteiger partial charge in [-0.3, -0.25) is 19.2 Å². The molecule has 1 aliphatic heterocycles. The zero-order chi connectivity index (χ0) is 22.9. The number of Topliss-reactive ketones (excluding diaryl/α,β-unsaturated/α-hetero) is 2. The molecule has 1 aromatic rings.